The Hall–Kier alpha value is -3.74. The molecule has 0 fully saturated rings. The first kappa shape index (κ1) is 22.1. The SMILES string of the molecule is CN(C)c1nc2ccc(-c3ccnc(CO)c3-c3cncn3C)cc2c(Cl)c1-c1ccccc1. The topological polar surface area (TPSA) is 67.1 Å². The highest BCUT2D eigenvalue weighted by Gasteiger charge is 2.20. The summed E-state index contributed by atoms with van der Waals surface area (Å²) in [6, 6.07) is 18.1. The van der Waals surface area contributed by atoms with Crippen molar-refractivity contribution < 1.29 is 5.11 Å². The number of halogens is 1. The zero-order valence-corrected chi connectivity index (χ0v) is 20.0. The number of hydrogen-bond donors (Lipinski definition) is 1. The van der Waals surface area contributed by atoms with E-state index in [1.54, 1.807) is 18.7 Å². The number of anilines is 1. The van der Waals surface area contributed by atoms with E-state index < -0.39 is 0 Å². The molecule has 34 heavy (non-hydrogen) atoms. The predicted molar refractivity (Wildman–Crippen MR) is 138 cm³/mol. The van der Waals surface area contributed by atoms with Crippen molar-refractivity contribution in [2.75, 3.05) is 19.0 Å². The van der Waals surface area contributed by atoms with Gasteiger partial charge in [-0.05, 0) is 34.9 Å². The zero-order valence-electron chi connectivity index (χ0n) is 19.2. The Bertz CT molecular complexity index is 1490. The number of fused-ring (bicyclic) bond motifs is 1. The van der Waals surface area contributed by atoms with Crippen molar-refractivity contribution in [2.24, 2.45) is 7.05 Å². The Morgan fingerprint density at radius 2 is 1.79 bits per heavy atom. The molecular weight excluding hydrogens is 446 g/mol. The fourth-order valence-corrected chi connectivity index (χ4v) is 4.66. The summed E-state index contributed by atoms with van der Waals surface area (Å²) in [5, 5.41) is 11.5. The van der Waals surface area contributed by atoms with Gasteiger partial charge in [-0.1, -0.05) is 48.0 Å². The lowest BCUT2D eigenvalue weighted by Crippen LogP contribution is -2.12. The van der Waals surface area contributed by atoms with Crippen molar-refractivity contribution in [3.8, 4) is 33.5 Å². The molecule has 0 atom stereocenters. The largest absolute Gasteiger partial charge is 0.390 e. The van der Waals surface area contributed by atoms with Crippen molar-refractivity contribution >= 4 is 28.3 Å². The minimum Gasteiger partial charge on any atom is -0.390 e. The highest BCUT2D eigenvalue weighted by molar-refractivity contribution is 6.39. The van der Waals surface area contributed by atoms with Crippen molar-refractivity contribution in [2.45, 2.75) is 6.61 Å². The van der Waals surface area contributed by atoms with E-state index >= 15 is 0 Å². The van der Waals surface area contributed by atoms with Crippen LogP contribution in [0.4, 0.5) is 5.82 Å². The molecule has 5 rings (SSSR count). The normalized spacial score (nSPS) is 11.2. The van der Waals surface area contributed by atoms with Gasteiger partial charge in [0.25, 0.3) is 0 Å². The third-order valence-electron chi connectivity index (χ3n) is 5.95. The molecule has 0 aliphatic carbocycles. The van der Waals surface area contributed by atoms with Gasteiger partial charge in [0.15, 0.2) is 0 Å². The summed E-state index contributed by atoms with van der Waals surface area (Å²) < 4.78 is 1.92. The molecule has 0 spiro atoms. The summed E-state index contributed by atoms with van der Waals surface area (Å²) in [6.45, 7) is -0.172. The van der Waals surface area contributed by atoms with Gasteiger partial charge in [-0.15, -0.1) is 0 Å². The molecule has 0 radical (unpaired) electrons. The molecule has 3 heterocycles. The lowest BCUT2D eigenvalue weighted by Gasteiger charge is -2.20. The maximum absolute atomic E-state index is 10.0. The molecule has 0 aliphatic heterocycles. The van der Waals surface area contributed by atoms with Crippen molar-refractivity contribution in [3.05, 3.63) is 84.0 Å². The van der Waals surface area contributed by atoms with Crippen LogP contribution in [0.2, 0.25) is 5.02 Å². The minimum atomic E-state index is -0.172. The molecular formula is C27H24ClN5O. The molecule has 170 valence electrons. The molecule has 0 unspecified atom stereocenters. The van der Waals surface area contributed by atoms with Gasteiger partial charge in [-0.2, -0.15) is 0 Å². The van der Waals surface area contributed by atoms with Crippen LogP contribution in [0.15, 0.2) is 73.3 Å². The summed E-state index contributed by atoms with van der Waals surface area (Å²) in [5.41, 5.74) is 6.95. The molecule has 7 heteroatoms. The van der Waals surface area contributed by atoms with E-state index in [1.807, 2.05) is 79.1 Å². The van der Waals surface area contributed by atoms with Crippen LogP contribution in [0.25, 0.3) is 44.4 Å². The summed E-state index contributed by atoms with van der Waals surface area (Å²) >= 11 is 7.07. The van der Waals surface area contributed by atoms with E-state index in [4.69, 9.17) is 16.6 Å². The number of pyridine rings is 2. The number of benzene rings is 2. The standard InChI is InChI=1S/C27H24ClN5O/c1-32(2)27-24(17-7-5-4-6-8-17)26(28)20-13-18(9-10-21(20)31-27)19-11-12-30-22(15-34)25(19)23-14-29-16-33(23)3/h4-14,16,34H,15H2,1-3H3. The molecule has 6 nitrogen and oxygen atoms in total. The Balaban J connectivity index is 1.78. The number of hydrogen-bond acceptors (Lipinski definition) is 5. The molecule has 2 aromatic carbocycles. The summed E-state index contributed by atoms with van der Waals surface area (Å²) in [7, 11) is 5.87. The van der Waals surface area contributed by atoms with Gasteiger partial charge in [0.1, 0.15) is 5.82 Å². The third kappa shape index (κ3) is 3.71. The Labute approximate surface area is 203 Å². The first-order valence-electron chi connectivity index (χ1n) is 10.9. The highest BCUT2D eigenvalue weighted by Crippen LogP contribution is 2.42. The van der Waals surface area contributed by atoms with Crippen molar-refractivity contribution in [3.63, 3.8) is 0 Å². The third-order valence-corrected chi connectivity index (χ3v) is 6.34. The molecule has 0 amide bonds. The van der Waals surface area contributed by atoms with Gasteiger partial charge in [0.2, 0.25) is 0 Å². The number of aryl methyl sites for hydroxylation is 1. The first-order chi connectivity index (χ1) is 16.5. The molecule has 1 N–H and O–H groups in total. The number of nitrogens with zero attached hydrogens (tertiary/aromatic N) is 5. The number of aliphatic hydroxyl groups is 1. The van der Waals surface area contributed by atoms with Crippen molar-refractivity contribution in [1.82, 2.24) is 19.5 Å². The van der Waals surface area contributed by atoms with Crippen LogP contribution in [0.5, 0.6) is 0 Å². The van der Waals surface area contributed by atoms with Gasteiger partial charge in [0.05, 0.1) is 41.1 Å². The quantitative estimate of drug-likeness (QED) is 0.364. The van der Waals surface area contributed by atoms with Crippen LogP contribution in [0.3, 0.4) is 0 Å². The van der Waals surface area contributed by atoms with Gasteiger partial charge in [0, 0.05) is 43.9 Å². The molecule has 0 saturated carbocycles. The molecule has 5 aromatic rings. The van der Waals surface area contributed by atoms with Gasteiger partial charge < -0.3 is 14.6 Å². The monoisotopic (exact) mass is 469 g/mol. The van der Waals surface area contributed by atoms with E-state index in [0.29, 0.717) is 10.7 Å². The van der Waals surface area contributed by atoms with E-state index in [1.165, 1.54) is 0 Å². The van der Waals surface area contributed by atoms with Crippen molar-refractivity contribution in [1.29, 1.82) is 0 Å². The Morgan fingerprint density at radius 3 is 2.47 bits per heavy atom. The maximum atomic E-state index is 10.0. The van der Waals surface area contributed by atoms with Gasteiger partial charge in [-0.3, -0.25) is 4.98 Å². The smallest absolute Gasteiger partial charge is 0.138 e. The fourth-order valence-electron chi connectivity index (χ4n) is 4.31. The number of aromatic nitrogens is 4. The summed E-state index contributed by atoms with van der Waals surface area (Å²) in [4.78, 5) is 15.6. The first-order valence-corrected chi connectivity index (χ1v) is 11.3. The predicted octanol–water partition coefficient (Wildman–Crippen LogP) is 5.58. The van der Waals surface area contributed by atoms with E-state index in [2.05, 4.69) is 16.0 Å². The Morgan fingerprint density at radius 1 is 1.00 bits per heavy atom. The Kier molecular flexibility index (Phi) is 5.77. The van der Waals surface area contributed by atoms with Crippen LogP contribution in [-0.2, 0) is 13.7 Å². The second-order valence-corrected chi connectivity index (χ2v) is 8.72. The van der Waals surface area contributed by atoms with Crippen LogP contribution >= 0.6 is 11.6 Å². The minimum absolute atomic E-state index is 0.172. The molecule has 0 saturated heterocycles. The van der Waals surface area contributed by atoms with Crippen LogP contribution in [0, 0.1) is 0 Å². The number of aliphatic hydroxyl groups excluding tert-OH is 1. The number of imidazole rings is 1. The summed E-state index contributed by atoms with van der Waals surface area (Å²) in [5.74, 6) is 0.818. The van der Waals surface area contributed by atoms with E-state index in [0.717, 1.165) is 50.2 Å². The molecule has 3 aromatic heterocycles. The average Bonchev–Trinajstić information content (AvgIpc) is 3.29. The van der Waals surface area contributed by atoms with E-state index in [9.17, 15) is 5.11 Å². The van der Waals surface area contributed by atoms with Crippen LogP contribution in [-0.4, -0.2) is 38.7 Å². The molecule has 0 aliphatic rings. The maximum Gasteiger partial charge on any atom is 0.138 e. The average molecular weight is 470 g/mol. The van der Waals surface area contributed by atoms with Gasteiger partial charge >= 0.3 is 0 Å². The second kappa shape index (κ2) is 8.89. The lowest BCUT2D eigenvalue weighted by atomic mass is 9.95. The van der Waals surface area contributed by atoms with Gasteiger partial charge in [-0.25, -0.2) is 9.97 Å². The zero-order chi connectivity index (χ0) is 23.8. The number of rotatable bonds is 5. The second-order valence-electron chi connectivity index (χ2n) is 8.34. The van der Waals surface area contributed by atoms with E-state index in [-0.39, 0.29) is 6.61 Å². The van der Waals surface area contributed by atoms with Crippen LogP contribution < -0.4 is 4.90 Å². The lowest BCUT2D eigenvalue weighted by molar-refractivity contribution is 0.277. The van der Waals surface area contributed by atoms with Crippen LogP contribution in [0.1, 0.15) is 5.69 Å². The highest BCUT2D eigenvalue weighted by atomic mass is 35.5. The summed E-state index contributed by atoms with van der Waals surface area (Å²) in [6.07, 6.45) is 5.24. The fraction of sp³-hybridized carbons (Fsp3) is 0.148. The molecule has 0 bridgehead atoms.